The number of hydrogen-bond acceptors (Lipinski definition) is 4. The summed E-state index contributed by atoms with van der Waals surface area (Å²) in [6, 6.07) is 5.11. The van der Waals surface area contributed by atoms with E-state index < -0.39 is 46.7 Å². The maximum atomic E-state index is 13.6. The molecule has 0 fully saturated rings. The maximum absolute atomic E-state index is 13.6. The number of carbonyl (C=O) groups is 2. The van der Waals surface area contributed by atoms with Gasteiger partial charge in [-0.2, -0.15) is 0 Å². The molecule has 0 amide bonds. The highest BCUT2D eigenvalue weighted by atomic mass is 19.1. The second-order valence-corrected chi connectivity index (χ2v) is 4.75. The van der Waals surface area contributed by atoms with E-state index in [1.54, 1.807) is 0 Å². The Balaban J connectivity index is 2.43. The third kappa shape index (κ3) is 2.95. The summed E-state index contributed by atoms with van der Waals surface area (Å²) < 4.78 is 27.1. The van der Waals surface area contributed by atoms with Crippen molar-refractivity contribution in [3.8, 4) is 11.5 Å². The Hall–Kier alpha value is -2.76. The van der Waals surface area contributed by atoms with E-state index in [1.807, 2.05) is 0 Å². The summed E-state index contributed by atoms with van der Waals surface area (Å²) >= 11 is 0. The molecule has 0 aromatic heterocycles. The van der Waals surface area contributed by atoms with E-state index in [0.29, 0.717) is 0 Å². The predicted molar refractivity (Wildman–Crippen MR) is 74.2 cm³/mol. The number of halogens is 2. The zero-order valence-corrected chi connectivity index (χ0v) is 11.6. The molecule has 114 valence electrons. The van der Waals surface area contributed by atoms with E-state index >= 15 is 0 Å². The summed E-state index contributed by atoms with van der Waals surface area (Å²) in [6.07, 6.45) is -0.557. The fraction of sp³-hybridized carbons (Fsp3) is 0.125. The lowest BCUT2D eigenvalue weighted by molar-refractivity contribution is 0.0979. The summed E-state index contributed by atoms with van der Waals surface area (Å²) in [6.45, 7) is 1.14. The number of phenols is 2. The van der Waals surface area contributed by atoms with Gasteiger partial charge in [0.2, 0.25) is 0 Å². The first kappa shape index (κ1) is 15.6. The maximum Gasteiger partial charge on any atom is 0.174 e. The van der Waals surface area contributed by atoms with Crippen molar-refractivity contribution in [3.63, 3.8) is 0 Å². The van der Waals surface area contributed by atoms with Crippen LogP contribution in [0.15, 0.2) is 30.3 Å². The van der Waals surface area contributed by atoms with Crippen molar-refractivity contribution in [2.75, 3.05) is 0 Å². The molecule has 2 aromatic carbocycles. The molecule has 0 bridgehead atoms. The molecule has 0 saturated heterocycles. The standard InChI is InChI=1S/C16H12F2O4/c1-8(19)11-7-10(17)5-9(16(11)22)6-14(21)15-12(18)3-2-4-13(15)20/h2-5,7,20,22H,6H2,1H3. The summed E-state index contributed by atoms with van der Waals surface area (Å²) in [5.41, 5.74) is -0.964. The lowest BCUT2D eigenvalue weighted by Crippen LogP contribution is -2.08. The lowest BCUT2D eigenvalue weighted by Gasteiger charge is -2.09. The Bertz CT molecular complexity index is 749. The molecule has 0 saturated carbocycles. The van der Waals surface area contributed by atoms with E-state index in [1.165, 1.54) is 6.07 Å². The summed E-state index contributed by atoms with van der Waals surface area (Å²) in [5.74, 6) is -4.22. The molecular formula is C16H12F2O4. The number of Topliss-reactive ketones (excluding diaryl/α,β-unsaturated/α-hetero) is 2. The largest absolute Gasteiger partial charge is 0.507 e. The Labute approximate surface area is 124 Å². The van der Waals surface area contributed by atoms with E-state index in [9.17, 15) is 28.6 Å². The van der Waals surface area contributed by atoms with E-state index in [2.05, 4.69) is 0 Å². The highest BCUT2D eigenvalue weighted by molar-refractivity contribution is 6.01. The van der Waals surface area contributed by atoms with Crippen LogP contribution in [0.2, 0.25) is 0 Å². The number of hydrogen-bond donors (Lipinski definition) is 2. The zero-order valence-electron chi connectivity index (χ0n) is 11.6. The average molecular weight is 306 g/mol. The van der Waals surface area contributed by atoms with Crippen molar-refractivity contribution in [1.82, 2.24) is 0 Å². The Morgan fingerprint density at radius 1 is 1.14 bits per heavy atom. The Morgan fingerprint density at radius 3 is 2.41 bits per heavy atom. The van der Waals surface area contributed by atoms with E-state index in [0.717, 1.165) is 31.2 Å². The van der Waals surface area contributed by atoms with E-state index in [-0.39, 0.29) is 11.1 Å². The summed E-state index contributed by atoms with van der Waals surface area (Å²) in [5, 5.41) is 19.5. The van der Waals surface area contributed by atoms with Crippen LogP contribution in [0.5, 0.6) is 11.5 Å². The van der Waals surface area contributed by atoms with Gasteiger partial charge in [-0.1, -0.05) is 6.07 Å². The molecule has 6 heteroatoms. The third-order valence-corrected chi connectivity index (χ3v) is 3.15. The van der Waals surface area contributed by atoms with Crippen molar-refractivity contribution in [3.05, 3.63) is 58.7 Å². The Morgan fingerprint density at radius 2 is 1.82 bits per heavy atom. The Kier molecular flexibility index (Phi) is 4.21. The van der Waals surface area contributed by atoms with Crippen LogP contribution in [0.25, 0.3) is 0 Å². The molecule has 0 aliphatic heterocycles. The van der Waals surface area contributed by atoms with Gasteiger partial charge in [0.05, 0.1) is 11.1 Å². The molecular weight excluding hydrogens is 294 g/mol. The summed E-state index contributed by atoms with van der Waals surface area (Å²) in [7, 11) is 0. The van der Waals surface area contributed by atoms with Gasteiger partial charge in [-0.3, -0.25) is 9.59 Å². The molecule has 0 aliphatic rings. The molecule has 0 heterocycles. The van der Waals surface area contributed by atoms with Crippen LogP contribution in [0.1, 0.15) is 33.2 Å². The fourth-order valence-electron chi connectivity index (χ4n) is 2.11. The molecule has 2 N–H and O–H groups in total. The predicted octanol–water partition coefficient (Wildman–Crippen LogP) is 3.00. The number of carbonyl (C=O) groups excluding carboxylic acids is 2. The molecule has 2 aromatic rings. The minimum absolute atomic E-state index is 0.155. The minimum Gasteiger partial charge on any atom is -0.507 e. The van der Waals surface area contributed by atoms with Crippen molar-refractivity contribution in [2.24, 2.45) is 0 Å². The molecule has 2 rings (SSSR count). The van der Waals surface area contributed by atoms with Gasteiger partial charge in [0, 0.05) is 12.0 Å². The van der Waals surface area contributed by atoms with Crippen LogP contribution in [-0.4, -0.2) is 21.8 Å². The van der Waals surface area contributed by atoms with Gasteiger partial charge in [0.25, 0.3) is 0 Å². The zero-order chi connectivity index (χ0) is 16.4. The summed E-state index contributed by atoms with van der Waals surface area (Å²) in [4.78, 5) is 23.4. The normalized spacial score (nSPS) is 10.5. The van der Waals surface area contributed by atoms with Crippen molar-refractivity contribution >= 4 is 11.6 Å². The van der Waals surface area contributed by atoms with Gasteiger partial charge in [-0.05, 0) is 31.2 Å². The smallest absolute Gasteiger partial charge is 0.174 e. The number of ketones is 2. The second-order valence-electron chi connectivity index (χ2n) is 4.75. The van der Waals surface area contributed by atoms with Gasteiger partial charge in [-0.25, -0.2) is 8.78 Å². The molecule has 0 atom stereocenters. The fourth-order valence-corrected chi connectivity index (χ4v) is 2.11. The lowest BCUT2D eigenvalue weighted by atomic mass is 9.98. The quantitative estimate of drug-likeness (QED) is 0.852. The first-order chi connectivity index (χ1) is 10.3. The first-order valence-corrected chi connectivity index (χ1v) is 6.34. The minimum atomic E-state index is -0.923. The van der Waals surface area contributed by atoms with Crippen LogP contribution in [0.3, 0.4) is 0 Å². The van der Waals surface area contributed by atoms with Gasteiger partial charge in [0.1, 0.15) is 23.1 Å². The second kappa shape index (κ2) is 5.93. The van der Waals surface area contributed by atoms with Gasteiger partial charge in [0.15, 0.2) is 11.6 Å². The van der Waals surface area contributed by atoms with Crippen molar-refractivity contribution < 1.29 is 28.6 Å². The van der Waals surface area contributed by atoms with Crippen LogP contribution in [0.4, 0.5) is 8.78 Å². The van der Waals surface area contributed by atoms with Crippen molar-refractivity contribution in [1.29, 1.82) is 0 Å². The number of rotatable bonds is 4. The highest BCUT2D eigenvalue weighted by Gasteiger charge is 2.21. The molecule has 22 heavy (non-hydrogen) atoms. The van der Waals surface area contributed by atoms with Gasteiger partial charge in [-0.15, -0.1) is 0 Å². The molecule has 4 nitrogen and oxygen atoms in total. The molecule has 0 spiro atoms. The van der Waals surface area contributed by atoms with Crippen LogP contribution in [-0.2, 0) is 6.42 Å². The highest BCUT2D eigenvalue weighted by Crippen LogP contribution is 2.28. The monoisotopic (exact) mass is 306 g/mol. The van der Waals surface area contributed by atoms with Gasteiger partial charge >= 0.3 is 0 Å². The van der Waals surface area contributed by atoms with Gasteiger partial charge < -0.3 is 10.2 Å². The van der Waals surface area contributed by atoms with Crippen LogP contribution < -0.4 is 0 Å². The average Bonchev–Trinajstić information content (AvgIpc) is 2.42. The number of phenolic OH excluding ortho intramolecular Hbond substituents is 2. The molecule has 0 aliphatic carbocycles. The SMILES string of the molecule is CC(=O)c1cc(F)cc(CC(=O)c2c(O)cccc2F)c1O. The molecule has 0 unspecified atom stereocenters. The van der Waals surface area contributed by atoms with Crippen molar-refractivity contribution in [2.45, 2.75) is 13.3 Å². The topological polar surface area (TPSA) is 74.6 Å². The first-order valence-electron chi connectivity index (χ1n) is 6.34. The third-order valence-electron chi connectivity index (χ3n) is 3.15. The number of aromatic hydroxyl groups is 2. The van der Waals surface area contributed by atoms with Crippen LogP contribution in [0, 0.1) is 11.6 Å². The number of benzene rings is 2. The van der Waals surface area contributed by atoms with E-state index in [4.69, 9.17) is 0 Å². The molecule has 0 radical (unpaired) electrons. The van der Waals surface area contributed by atoms with Crippen LogP contribution >= 0.6 is 0 Å².